The van der Waals surface area contributed by atoms with Gasteiger partial charge in [-0.1, -0.05) is 0 Å². The fourth-order valence-corrected chi connectivity index (χ4v) is 4.39. The lowest BCUT2D eigenvalue weighted by atomic mass is 10.1. The number of rotatable bonds is 5. The molecular formula is C23H19F6N5O3. The smallest absolute Gasteiger partial charge is 0.391 e. The molecule has 0 aromatic carbocycles. The van der Waals surface area contributed by atoms with Gasteiger partial charge in [0.2, 0.25) is 5.43 Å². The number of anilines is 1. The van der Waals surface area contributed by atoms with E-state index in [1.165, 1.54) is 4.90 Å². The van der Waals surface area contributed by atoms with E-state index >= 15 is 4.39 Å². The van der Waals surface area contributed by atoms with E-state index in [0.717, 1.165) is 16.8 Å². The summed E-state index contributed by atoms with van der Waals surface area (Å²) >= 11 is 0. The van der Waals surface area contributed by atoms with Gasteiger partial charge >= 0.3 is 6.18 Å². The molecule has 8 nitrogen and oxygen atoms in total. The maximum Gasteiger partial charge on any atom is 0.408 e. The third kappa shape index (κ3) is 4.72. The molecular weight excluding hydrogens is 508 g/mol. The van der Waals surface area contributed by atoms with Crippen molar-refractivity contribution in [1.82, 2.24) is 19.9 Å². The normalized spacial score (nSPS) is 18.9. The SMILES string of the molecule is O=C(NC(C1CC1)C(F)(F)F)c1cn(-c2ncc(F)cc2F)c2nc(N3CCC(O)C3)c(F)cc2c1=O. The Kier molecular flexibility index (Phi) is 6.09. The number of fused-ring (bicyclic) bond motifs is 1. The van der Waals surface area contributed by atoms with Gasteiger partial charge < -0.3 is 15.3 Å². The number of aliphatic hydroxyl groups is 1. The summed E-state index contributed by atoms with van der Waals surface area (Å²) in [5.74, 6) is -6.41. The number of β-amino-alcohol motifs (C(OH)–C–C–N with tert-alkyl or cyclic N) is 1. The topological polar surface area (TPSA) is 100 Å². The molecule has 37 heavy (non-hydrogen) atoms. The summed E-state index contributed by atoms with van der Waals surface area (Å²) in [6.45, 7) is 0.258. The van der Waals surface area contributed by atoms with E-state index in [-0.39, 0.29) is 37.4 Å². The van der Waals surface area contributed by atoms with E-state index in [1.807, 2.05) is 5.32 Å². The van der Waals surface area contributed by atoms with E-state index < -0.39 is 69.8 Å². The van der Waals surface area contributed by atoms with Crippen LogP contribution in [-0.2, 0) is 0 Å². The Balaban J connectivity index is 1.69. The monoisotopic (exact) mass is 527 g/mol. The Morgan fingerprint density at radius 3 is 2.41 bits per heavy atom. The zero-order chi connectivity index (χ0) is 26.6. The van der Waals surface area contributed by atoms with Gasteiger partial charge in [0, 0.05) is 25.4 Å². The number of aliphatic hydroxyl groups excluding tert-OH is 1. The average Bonchev–Trinajstić information content (AvgIpc) is 3.56. The molecule has 2 fully saturated rings. The minimum absolute atomic E-state index is 0.0311. The van der Waals surface area contributed by atoms with Crippen LogP contribution in [0.15, 0.2) is 29.3 Å². The van der Waals surface area contributed by atoms with Crippen molar-refractivity contribution in [1.29, 1.82) is 0 Å². The van der Waals surface area contributed by atoms with Crippen LogP contribution in [0.3, 0.4) is 0 Å². The lowest BCUT2D eigenvalue weighted by Gasteiger charge is -2.22. The van der Waals surface area contributed by atoms with E-state index in [1.54, 1.807) is 0 Å². The summed E-state index contributed by atoms with van der Waals surface area (Å²) in [7, 11) is 0. The molecule has 0 radical (unpaired) electrons. The molecule has 1 amide bonds. The molecule has 2 atom stereocenters. The van der Waals surface area contributed by atoms with E-state index in [9.17, 15) is 36.6 Å². The maximum absolute atomic E-state index is 15.0. The average molecular weight is 527 g/mol. The highest BCUT2D eigenvalue weighted by molar-refractivity contribution is 5.97. The highest BCUT2D eigenvalue weighted by atomic mass is 19.4. The molecule has 1 saturated heterocycles. The van der Waals surface area contributed by atoms with E-state index in [4.69, 9.17) is 0 Å². The van der Waals surface area contributed by atoms with Gasteiger partial charge in [-0.3, -0.25) is 14.2 Å². The van der Waals surface area contributed by atoms with Gasteiger partial charge in [0.05, 0.1) is 17.7 Å². The number of hydrogen-bond acceptors (Lipinski definition) is 6. The van der Waals surface area contributed by atoms with Gasteiger partial charge in [0.15, 0.2) is 28.9 Å². The number of carbonyl (C=O) groups is 1. The fourth-order valence-electron chi connectivity index (χ4n) is 4.39. The largest absolute Gasteiger partial charge is 0.408 e. The molecule has 3 aromatic heterocycles. The zero-order valence-electron chi connectivity index (χ0n) is 18.9. The molecule has 5 rings (SSSR count). The summed E-state index contributed by atoms with van der Waals surface area (Å²) in [6.07, 6.45) is -3.34. The Morgan fingerprint density at radius 1 is 1.11 bits per heavy atom. The first-order valence-corrected chi connectivity index (χ1v) is 11.3. The second kappa shape index (κ2) is 9.01. The molecule has 0 bridgehead atoms. The number of nitrogens with zero attached hydrogens (tertiary/aromatic N) is 4. The molecule has 4 heterocycles. The van der Waals surface area contributed by atoms with Crippen molar-refractivity contribution in [3.05, 3.63) is 57.8 Å². The summed E-state index contributed by atoms with van der Waals surface area (Å²) in [4.78, 5) is 35.2. The van der Waals surface area contributed by atoms with Crippen LogP contribution >= 0.6 is 0 Å². The number of pyridine rings is 3. The fraction of sp³-hybridized carbons (Fsp3) is 0.391. The van der Waals surface area contributed by atoms with Gasteiger partial charge in [0.1, 0.15) is 17.4 Å². The number of hydrogen-bond donors (Lipinski definition) is 2. The quantitative estimate of drug-likeness (QED) is 0.496. The second-order valence-electron chi connectivity index (χ2n) is 9.08. The van der Waals surface area contributed by atoms with Crippen molar-refractivity contribution < 1.29 is 36.2 Å². The van der Waals surface area contributed by atoms with Gasteiger partial charge in [-0.15, -0.1) is 0 Å². The molecule has 0 spiro atoms. The maximum atomic E-state index is 15.0. The standard InChI is InChI=1S/C23H19F6N5O3/c24-11-5-15(25)20(30-7-11)34-9-14(22(37)31-18(10-1-2-10)23(27,28)29)17(36)13-6-16(26)21(32-19(13)34)33-4-3-12(35)8-33/h5-7,9-10,12,18,35H,1-4,8H2,(H,31,37). The lowest BCUT2D eigenvalue weighted by molar-refractivity contribution is -0.158. The van der Waals surface area contributed by atoms with Crippen molar-refractivity contribution in [2.45, 2.75) is 37.6 Å². The molecule has 2 aliphatic rings. The van der Waals surface area contributed by atoms with E-state index in [2.05, 4.69) is 9.97 Å². The van der Waals surface area contributed by atoms with Crippen LogP contribution in [0.25, 0.3) is 16.9 Å². The molecule has 1 aliphatic carbocycles. The highest BCUT2D eigenvalue weighted by Crippen LogP contribution is 2.40. The van der Waals surface area contributed by atoms with Crippen molar-refractivity contribution in [2.75, 3.05) is 18.0 Å². The zero-order valence-corrected chi connectivity index (χ0v) is 18.9. The number of halogens is 6. The van der Waals surface area contributed by atoms with Gasteiger partial charge in [0.25, 0.3) is 5.91 Å². The first-order chi connectivity index (χ1) is 17.4. The van der Waals surface area contributed by atoms with Crippen molar-refractivity contribution in [2.24, 2.45) is 5.92 Å². The van der Waals surface area contributed by atoms with Crippen LogP contribution in [0.1, 0.15) is 29.6 Å². The number of carbonyl (C=O) groups excluding carboxylic acids is 1. The Hall–Kier alpha value is -3.68. The predicted molar refractivity (Wildman–Crippen MR) is 118 cm³/mol. The van der Waals surface area contributed by atoms with Crippen LogP contribution in [-0.4, -0.2) is 57.0 Å². The molecule has 1 saturated carbocycles. The van der Waals surface area contributed by atoms with Crippen LogP contribution in [0.2, 0.25) is 0 Å². The predicted octanol–water partition coefficient (Wildman–Crippen LogP) is 2.84. The summed E-state index contributed by atoms with van der Waals surface area (Å²) in [5, 5.41) is 11.1. The first kappa shape index (κ1) is 25.0. The van der Waals surface area contributed by atoms with Gasteiger partial charge in [-0.05, 0) is 31.2 Å². The number of amides is 1. The lowest BCUT2D eigenvalue weighted by Crippen LogP contribution is -2.48. The van der Waals surface area contributed by atoms with Crippen LogP contribution in [0, 0.1) is 23.4 Å². The van der Waals surface area contributed by atoms with Crippen LogP contribution < -0.4 is 15.6 Å². The number of nitrogens with one attached hydrogen (secondary N) is 1. The number of aromatic nitrogens is 3. The minimum Gasteiger partial charge on any atom is -0.391 e. The van der Waals surface area contributed by atoms with Gasteiger partial charge in [-0.25, -0.2) is 23.1 Å². The third-order valence-corrected chi connectivity index (χ3v) is 6.37. The van der Waals surface area contributed by atoms with Crippen LogP contribution in [0.5, 0.6) is 0 Å². The summed E-state index contributed by atoms with van der Waals surface area (Å²) in [5.41, 5.74) is -2.34. The van der Waals surface area contributed by atoms with Crippen molar-refractivity contribution in [3.8, 4) is 5.82 Å². The molecule has 196 valence electrons. The highest BCUT2D eigenvalue weighted by Gasteiger charge is 2.50. The minimum atomic E-state index is -4.78. The molecule has 2 unspecified atom stereocenters. The first-order valence-electron chi connectivity index (χ1n) is 11.3. The Labute approximate surface area is 204 Å². The molecule has 14 heteroatoms. The van der Waals surface area contributed by atoms with Gasteiger partial charge in [-0.2, -0.15) is 13.2 Å². The molecule has 2 N–H and O–H groups in total. The van der Waals surface area contributed by atoms with Crippen molar-refractivity contribution >= 4 is 22.8 Å². The van der Waals surface area contributed by atoms with Crippen molar-refractivity contribution in [3.63, 3.8) is 0 Å². The summed E-state index contributed by atoms with van der Waals surface area (Å²) < 4.78 is 84.5. The molecule has 1 aliphatic heterocycles. The summed E-state index contributed by atoms with van der Waals surface area (Å²) in [6, 6.07) is -0.996. The Bertz CT molecular complexity index is 1460. The third-order valence-electron chi connectivity index (χ3n) is 6.37. The number of alkyl halides is 3. The molecule has 3 aromatic rings. The van der Waals surface area contributed by atoms with E-state index in [0.29, 0.717) is 18.7 Å². The second-order valence-corrected chi connectivity index (χ2v) is 9.08. The van der Waals surface area contributed by atoms with Crippen LogP contribution in [0.4, 0.5) is 32.2 Å². The Morgan fingerprint density at radius 2 is 1.81 bits per heavy atom.